The van der Waals surface area contributed by atoms with Crippen LogP contribution in [-0.2, 0) is 4.74 Å². The second-order valence-electron chi connectivity index (χ2n) is 2.40. The monoisotopic (exact) mass is 182 g/mol. The van der Waals surface area contributed by atoms with Crippen molar-refractivity contribution in [2.24, 2.45) is 0 Å². The highest BCUT2D eigenvalue weighted by molar-refractivity contribution is 5.84. The molecule has 0 saturated carbocycles. The first-order chi connectivity index (χ1) is 6.24. The van der Waals surface area contributed by atoms with E-state index >= 15 is 0 Å². The van der Waals surface area contributed by atoms with Crippen LogP contribution in [0.2, 0.25) is 0 Å². The highest BCUT2D eigenvalue weighted by Crippen LogP contribution is 2.02. The standard InChI is InChI=1S/C8H10N2O3/c1-2-3-13-8(12)7-9-4-6(11)5-10-7/h4-5,11H,2-3H2,1H3. The van der Waals surface area contributed by atoms with Gasteiger partial charge in [0, 0.05) is 0 Å². The molecule has 1 aromatic heterocycles. The summed E-state index contributed by atoms with van der Waals surface area (Å²) in [5, 5.41) is 8.84. The number of nitrogens with zero attached hydrogens (tertiary/aromatic N) is 2. The summed E-state index contributed by atoms with van der Waals surface area (Å²) in [6.07, 6.45) is 3.05. The Kier molecular flexibility index (Phi) is 3.19. The molecule has 0 aromatic carbocycles. The van der Waals surface area contributed by atoms with Gasteiger partial charge in [0.1, 0.15) is 0 Å². The van der Waals surface area contributed by atoms with Crippen LogP contribution in [0.3, 0.4) is 0 Å². The summed E-state index contributed by atoms with van der Waals surface area (Å²) < 4.78 is 4.77. The summed E-state index contributed by atoms with van der Waals surface area (Å²) in [4.78, 5) is 18.3. The zero-order valence-electron chi connectivity index (χ0n) is 7.23. The van der Waals surface area contributed by atoms with Crippen molar-refractivity contribution in [3.63, 3.8) is 0 Å². The van der Waals surface area contributed by atoms with Gasteiger partial charge in [-0.25, -0.2) is 14.8 Å². The molecule has 13 heavy (non-hydrogen) atoms. The summed E-state index contributed by atoms with van der Waals surface area (Å²) in [6, 6.07) is 0. The Morgan fingerprint density at radius 1 is 1.54 bits per heavy atom. The van der Waals surface area contributed by atoms with E-state index in [1.807, 2.05) is 6.92 Å². The Hall–Kier alpha value is -1.65. The maximum Gasteiger partial charge on any atom is 0.376 e. The summed E-state index contributed by atoms with van der Waals surface area (Å²) in [5.74, 6) is -0.680. The van der Waals surface area contributed by atoms with Crippen LogP contribution >= 0.6 is 0 Å². The van der Waals surface area contributed by atoms with Crippen molar-refractivity contribution in [1.82, 2.24) is 9.97 Å². The molecule has 0 atom stereocenters. The quantitative estimate of drug-likeness (QED) is 0.698. The van der Waals surface area contributed by atoms with Crippen molar-refractivity contribution in [3.05, 3.63) is 18.2 Å². The average Bonchev–Trinajstić information content (AvgIpc) is 2.15. The van der Waals surface area contributed by atoms with Crippen LogP contribution in [-0.4, -0.2) is 27.7 Å². The lowest BCUT2D eigenvalue weighted by atomic mass is 10.5. The zero-order chi connectivity index (χ0) is 9.68. The first-order valence-corrected chi connectivity index (χ1v) is 3.92. The molecular weight excluding hydrogens is 172 g/mol. The highest BCUT2D eigenvalue weighted by atomic mass is 16.5. The van der Waals surface area contributed by atoms with Gasteiger partial charge in [-0.05, 0) is 6.42 Å². The van der Waals surface area contributed by atoms with Gasteiger partial charge in [-0.15, -0.1) is 0 Å². The zero-order valence-corrected chi connectivity index (χ0v) is 7.23. The van der Waals surface area contributed by atoms with E-state index in [1.54, 1.807) is 0 Å². The van der Waals surface area contributed by atoms with Gasteiger partial charge in [-0.2, -0.15) is 0 Å². The van der Waals surface area contributed by atoms with Gasteiger partial charge in [0.15, 0.2) is 5.75 Å². The van der Waals surface area contributed by atoms with Crippen molar-refractivity contribution in [1.29, 1.82) is 0 Å². The molecule has 0 spiro atoms. The smallest absolute Gasteiger partial charge is 0.376 e. The Labute approximate surface area is 75.4 Å². The minimum atomic E-state index is -0.568. The predicted octanol–water partition coefficient (Wildman–Crippen LogP) is 0.749. The SMILES string of the molecule is CCCOC(=O)c1ncc(O)cn1. The normalized spacial score (nSPS) is 9.62. The third-order valence-corrected chi connectivity index (χ3v) is 1.26. The van der Waals surface area contributed by atoms with Crippen LogP contribution in [0.15, 0.2) is 12.4 Å². The van der Waals surface area contributed by atoms with E-state index in [-0.39, 0.29) is 11.6 Å². The lowest BCUT2D eigenvalue weighted by Crippen LogP contribution is -2.09. The van der Waals surface area contributed by atoms with Gasteiger partial charge in [0.25, 0.3) is 0 Å². The van der Waals surface area contributed by atoms with Gasteiger partial charge < -0.3 is 9.84 Å². The minimum absolute atomic E-state index is 0.0359. The van der Waals surface area contributed by atoms with Gasteiger partial charge in [-0.1, -0.05) is 6.92 Å². The summed E-state index contributed by atoms with van der Waals surface area (Å²) in [7, 11) is 0. The second kappa shape index (κ2) is 4.39. The average molecular weight is 182 g/mol. The summed E-state index contributed by atoms with van der Waals surface area (Å²) >= 11 is 0. The first kappa shape index (κ1) is 9.44. The van der Waals surface area contributed by atoms with Gasteiger partial charge in [0.2, 0.25) is 5.82 Å². The molecule has 0 aliphatic carbocycles. The Balaban J connectivity index is 2.61. The maximum absolute atomic E-state index is 11.1. The van der Waals surface area contributed by atoms with E-state index in [9.17, 15) is 4.79 Å². The molecule has 0 aliphatic heterocycles. The van der Waals surface area contributed by atoms with Crippen molar-refractivity contribution < 1.29 is 14.6 Å². The van der Waals surface area contributed by atoms with Crippen LogP contribution in [0.25, 0.3) is 0 Å². The molecule has 1 N–H and O–H groups in total. The second-order valence-corrected chi connectivity index (χ2v) is 2.40. The molecule has 1 aromatic rings. The third-order valence-electron chi connectivity index (χ3n) is 1.26. The fourth-order valence-electron chi connectivity index (χ4n) is 0.686. The van der Waals surface area contributed by atoms with Crippen molar-refractivity contribution >= 4 is 5.97 Å². The topological polar surface area (TPSA) is 72.3 Å². The van der Waals surface area contributed by atoms with E-state index in [4.69, 9.17) is 9.84 Å². The molecule has 1 heterocycles. The fraction of sp³-hybridized carbons (Fsp3) is 0.375. The predicted molar refractivity (Wildman–Crippen MR) is 44.3 cm³/mol. The lowest BCUT2D eigenvalue weighted by Gasteiger charge is -2.00. The Morgan fingerprint density at radius 3 is 2.69 bits per heavy atom. The fourth-order valence-corrected chi connectivity index (χ4v) is 0.686. The molecule has 70 valence electrons. The van der Waals surface area contributed by atoms with Crippen LogP contribution in [0.4, 0.5) is 0 Å². The number of hydrogen-bond donors (Lipinski definition) is 1. The van der Waals surface area contributed by atoms with E-state index in [0.29, 0.717) is 6.61 Å². The molecule has 5 heteroatoms. The van der Waals surface area contributed by atoms with E-state index in [1.165, 1.54) is 0 Å². The number of ether oxygens (including phenoxy) is 1. The van der Waals surface area contributed by atoms with Crippen LogP contribution < -0.4 is 0 Å². The molecule has 0 bridgehead atoms. The highest BCUT2D eigenvalue weighted by Gasteiger charge is 2.09. The minimum Gasteiger partial charge on any atom is -0.505 e. The maximum atomic E-state index is 11.1. The van der Waals surface area contributed by atoms with Crippen LogP contribution in [0.1, 0.15) is 24.0 Å². The van der Waals surface area contributed by atoms with Crippen LogP contribution in [0.5, 0.6) is 5.75 Å². The van der Waals surface area contributed by atoms with Crippen molar-refractivity contribution in [2.75, 3.05) is 6.61 Å². The molecule has 0 fully saturated rings. The number of carbonyl (C=O) groups excluding carboxylic acids is 1. The van der Waals surface area contributed by atoms with Gasteiger partial charge in [0.05, 0.1) is 19.0 Å². The molecule has 1 rings (SSSR count). The summed E-state index contributed by atoms with van der Waals surface area (Å²) in [5.41, 5.74) is 0. The van der Waals surface area contributed by atoms with Gasteiger partial charge in [-0.3, -0.25) is 0 Å². The largest absolute Gasteiger partial charge is 0.505 e. The first-order valence-electron chi connectivity index (χ1n) is 3.92. The number of aromatic hydroxyl groups is 1. The Morgan fingerprint density at radius 2 is 2.15 bits per heavy atom. The Bertz CT molecular complexity index is 284. The van der Waals surface area contributed by atoms with E-state index in [2.05, 4.69) is 9.97 Å². The number of aromatic nitrogens is 2. The van der Waals surface area contributed by atoms with Crippen molar-refractivity contribution in [3.8, 4) is 5.75 Å². The molecule has 0 amide bonds. The van der Waals surface area contributed by atoms with Crippen LogP contribution in [0, 0.1) is 0 Å². The molecule has 0 unspecified atom stereocenters. The molecule has 0 saturated heterocycles. The molecule has 0 aliphatic rings. The van der Waals surface area contributed by atoms with Crippen molar-refractivity contribution in [2.45, 2.75) is 13.3 Å². The van der Waals surface area contributed by atoms with E-state index < -0.39 is 5.97 Å². The van der Waals surface area contributed by atoms with E-state index in [0.717, 1.165) is 18.8 Å². The number of carbonyl (C=O) groups is 1. The lowest BCUT2D eigenvalue weighted by molar-refractivity contribution is 0.0490. The number of hydrogen-bond acceptors (Lipinski definition) is 5. The number of rotatable bonds is 3. The molecule has 0 radical (unpaired) electrons. The third kappa shape index (κ3) is 2.70. The molecular formula is C8H10N2O3. The molecule has 5 nitrogen and oxygen atoms in total. The van der Waals surface area contributed by atoms with Gasteiger partial charge >= 0.3 is 5.97 Å². The number of esters is 1. The summed E-state index contributed by atoms with van der Waals surface area (Å²) in [6.45, 7) is 2.24.